The molecule has 3 nitrogen and oxygen atoms in total. The zero-order valence-electron chi connectivity index (χ0n) is 6.39. The number of primary amides is 1. The topological polar surface area (TPSA) is 46.3 Å². The van der Waals surface area contributed by atoms with Crippen molar-refractivity contribution in [1.29, 1.82) is 0 Å². The zero-order valence-corrected chi connectivity index (χ0v) is 5.39. The molecule has 2 N–H and O–H groups in total. The van der Waals surface area contributed by atoms with Gasteiger partial charge >= 0.3 is 6.03 Å². The van der Waals surface area contributed by atoms with Gasteiger partial charge in [-0.1, -0.05) is 0 Å². The van der Waals surface area contributed by atoms with E-state index in [1.165, 1.54) is 6.42 Å². The van der Waals surface area contributed by atoms with Crippen molar-refractivity contribution in [2.45, 2.75) is 19.3 Å². The summed E-state index contributed by atoms with van der Waals surface area (Å²) in [6.45, 7) is 1.62. The second-order valence-electron chi connectivity index (χ2n) is 2.35. The van der Waals surface area contributed by atoms with Crippen molar-refractivity contribution in [1.82, 2.24) is 4.90 Å². The van der Waals surface area contributed by atoms with E-state index >= 15 is 0 Å². The summed E-state index contributed by atoms with van der Waals surface area (Å²) in [4.78, 5) is 12.5. The maximum atomic E-state index is 10.8. The normalized spacial score (nSPS) is 20.9. The molecule has 2 amide bonds. The molecule has 0 bridgehead atoms. The minimum absolute atomic E-state index is 0.264. The number of amides is 2. The Morgan fingerprint density at radius 1 is 1.44 bits per heavy atom. The number of rotatable bonds is 0. The lowest BCUT2D eigenvalue weighted by atomic mass is 10.1. The molecule has 1 fully saturated rings. The molecule has 0 spiro atoms. The van der Waals surface area contributed by atoms with Gasteiger partial charge in [0.25, 0.3) is 0 Å². The van der Waals surface area contributed by atoms with Crippen molar-refractivity contribution in [2.24, 2.45) is 5.73 Å². The third kappa shape index (κ3) is 1.59. The molecule has 1 rings (SSSR count). The van der Waals surface area contributed by atoms with Crippen molar-refractivity contribution in [3.05, 3.63) is 0 Å². The fraction of sp³-hybridized carbons (Fsp3) is 0.833. The summed E-state index contributed by atoms with van der Waals surface area (Å²) in [5, 5.41) is 0. The molecular weight excluding hydrogens is 116 g/mol. The summed E-state index contributed by atoms with van der Waals surface area (Å²) in [5.74, 6) is 0. The maximum absolute atomic E-state index is 10.8. The minimum atomic E-state index is -0.264. The summed E-state index contributed by atoms with van der Waals surface area (Å²) in [7, 11) is 0. The summed E-state index contributed by atoms with van der Waals surface area (Å²) in [6, 6.07) is -0.264. The summed E-state index contributed by atoms with van der Waals surface area (Å²) in [6.07, 6.45) is 3.36. The Kier molecular flexibility index (Phi) is 1.53. The van der Waals surface area contributed by atoms with Gasteiger partial charge < -0.3 is 10.6 Å². The Hall–Kier alpha value is -0.730. The molecule has 0 aromatic heterocycles. The molecular formula is C6H12N2O. The van der Waals surface area contributed by atoms with E-state index in [2.05, 4.69) is 0 Å². The number of hydrogen-bond donors (Lipinski definition) is 1. The highest BCUT2D eigenvalue weighted by Gasteiger charge is 2.11. The molecule has 0 radical (unpaired) electrons. The number of nitrogens with two attached hydrogens (primary N) is 1. The van der Waals surface area contributed by atoms with Crippen LogP contribution in [0.25, 0.3) is 0 Å². The largest absolute Gasteiger partial charge is 0.351 e. The molecule has 1 saturated heterocycles. The molecule has 0 aliphatic carbocycles. The van der Waals surface area contributed by atoms with Gasteiger partial charge in [-0.15, -0.1) is 0 Å². The molecule has 52 valence electrons. The van der Waals surface area contributed by atoms with E-state index in [1.54, 1.807) is 4.90 Å². The van der Waals surface area contributed by atoms with Crippen LogP contribution in [0.5, 0.6) is 0 Å². The number of carbonyl (C=O) groups is 1. The maximum Gasteiger partial charge on any atom is 0.314 e. The number of nitrogens with zero attached hydrogens (tertiary/aromatic N) is 1. The van der Waals surface area contributed by atoms with Gasteiger partial charge in [0, 0.05) is 13.1 Å². The van der Waals surface area contributed by atoms with Gasteiger partial charge in [0.1, 0.15) is 0 Å². The van der Waals surface area contributed by atoms with Crippen LogP contribution in [0.15, 0.2) is 0 Å². The predicted molar refractivity (Wildman–Crippen MR) is 35.0 cm³/mol. The highest BCUT2D eigenvalue weighted by atomic mass is 16.2. The molecule has 1 heterocycles. The molecule has 1 aliphatic heterocycles. The van der Waals surface area contributed by atoms with Gasteiger partial charge in [0.05, 0.1) is 0 Å². The van der Waals surface area contributed by atoms with E-state index in [1.807, 2.05) is 5.73 Å². The van der Waals surface area contributed by atoms with Crippen LogP contribution in [0.3, 0.4) is 0 Å². The van der Waals surface area contributed by atoms with Gasteiger partial charge in [0.15, 0.2) is 1.41 Å². The second-order valence-corrected chi connectivity index (χ2v) is 2.35. The second kappa shape index (κ2) is 2.71. The summed E-state index contributed by atoms with van der Waals surface area (Å²) in [5.41, 5.74) is 1.87. The molecule has 9 heavy (non-hydrogen) atoms. The SMILES string of the molecule is [2H]NC(=O)N1CCCCC1. The van der Waals surface area contributed by atoms with Crippen LogP contribution in [0, 0.1) is 0 Å². The quantitative estimate of drug-likeness (QED) is 0.510. The van der Waals surface area contributed by atoms with Crippen LogP contribution >= 0.6 is 0 Å². The van der Waals surface area contributed by atoms with Gasteiger partial charge in [-0.2, -0.15) is 0 Å². The first-order chi connectivity index (χ1) is 4.84. The van der Waals surface area contributed by atoms with E-state index in [0.717, 1.165) is 25.9 Å². The fourth-order valence-corrected chi connectivity index (χ4v) is 1.10. The molecule has 0 aromatic carbocycles. The standard InChI is InChI=1S/C6H12N2O/c7-6(9)8-4-2-1-3-5-8/h1-5H2,(H2,7,9)/i/hD. The highest BCUT2D eigenvalue weighted by Crippen LogP contribution is 2.06. The Balaban J connectivity index is 2.31. The van der Waals surface area contributed by atoms with Crippen LogP contribution in [0.4, 0.5) is 4.79 Å². The monoisotopic (exact) mass is 129 g/mol. The Morgan fingerprint density at radius 3 is 2.67 bits per heavy atom. The average molecular weight is 129 g/mol. The van der Waals surface area contributed by atoms with Crippen LogP contribution in [0.1, 0.15) is 19.3 Å². The van der Waals surface area contributed by atoms with Gasteiger partial charge in [0.2, 0.25) is 0 Å². The number of hydrogen-bond acceptors (Lipinski definition) is 1. The molecule has 0 saturated carbocycles. The minimum Gasteiger partial charge on any atom is -0.351 e. The number of piperidine rings is 1. The van der Waals surface area contributed by atoms with Crippen molar-refractivity contribution in [3.8, 4) is 0 Å². The van der Waals surface area contributed by atoms with E-state index < -0.39 is 0 Å². The number of likely N-dealkylation sites (tertiary alicyclic amines) is 1. The first-order valence-corrected chi connectivity index (χ1v) is 3.31. The van der Waals surface area contributed by atoms with Gasteiger partial charge in [-0.3, -0.25) is 0 Å². The lowest BCUT2D eigenvalue weighted by molar-refractivity contribution is 0.196. The highest BCUT2D eigenvalue weighted by molar-refractivity contribution is 5.71. The summed E-state index contributed by atoms with van der Waals surface area (Å²) >= 11 is 0. The molecule has 0 atom stereocenters. The van der Waals surface area contributed by atoms with E-state index in [0.29, 0.717) is 0 Å². The van der Waals surface area contributed by atoms with Crippen molar-refractivity contribution < 1.29 is 6.21 Å². The Bertz CT molecular complexity index is 123. The zero-order chi connectivity index (χ0) is 7.40. The smallest absolute Gasteiger partial charge is 0.314 e. The van der Waals surface area contributed by atoms with Crippen LogP contribution in [-0.2, 0) is 0 Å². The molecule has 0 aromatic rings. The lowest BCUT2D eigenvalue weighted by Crippen LogP contribution is -2.39. The number of urea groups is 1. The molecule has 1 aliphatic rings. The van der Waals surface area contributed by atoms with E-state index in [-0.39, 0.29) is 6.03 Å². The van der Waals surface area contributed by atoms with Crippen LogP contribution in [-0.4, -0.2) is 24.0 Å². The first-order valence-electron chi connectivity index (χ1n) is 3.81. The van der Waals surface area contributed by atoms with Crippen molar-refractivity contribution in [2.75, 3.05) is 13.1 Å². The van der Waals surface area contributed by atoms with Crippen molar-refractivity contribution >= 4 is 6.03 Å². The predicted octanol–water partition coefficient (Wildman–Crippen LogP) is 0.551. The van der Waals surface area contributed by atoms with E-state index in [9.17, 15) is 4.79 Å². The lowest BCUT2D eigenvalue weighted by Gasteiger charge is -2.24. The first kappa shape index (κ1) is 5.09. The van der Waals surface area contributed by atoms with E-state index in [4.69, 9.17) is 1.41 Å². The molecule has 0 unspecified atom stereocenters. The fourth-order valence-electron chi connectivity index (χ4n) is 1.10. The average Bonchev–Trinajstić information content (AvgIpc) is 2.05. The van der Waals surface area contributed by atoms with Crippen LogP contribution in [0.2, 0.25) is 1.41 Å². The number of carbonyl (C=O) groups excluding carboxylic acids is 1. The Labute approximate surface area is 56.3 Å². The molecule has 3 heteroatoms. The van der Waals surface area contributed by atoms with Gasteiger partial charge in [-0.25, -0.2) is 4.79 Å². The van der Waals surface area contributed by atoms with Gasteiger partial charge in [-0.05, 0) is 19.3 Å². The third-order valence-corrected chi connectivity index (χ3v) is 1.64. The third-order valence-electron chi connectivity index (χ3n) is 1.64. The Morgan fingerprint density at radius 2 is 2.11 bits per heavy atom. The van der Waals surface area contributed by atoms with Crippen molar-refractivity contribution in [3.63, 3.8) is 0 Å². The van der Waals surface area contributed by atoms with Crippen LogP contribution < -0.4 is 5.73 Å². The summed E-state index contributed by atoms with van der Waals surface area (Å²) < 4.78 is 6.60.